The summed E-state index contributed by atoms with van der Waals surface area (Å²) in [5.41, 5.74) is 0.558. The van der Waals surface area contributed by atoms with Crippen molar-refractivity contribution in [3.05, 3.63) is 35.9 Å². The number of hydrogen-bond acceptors (Lipinski definition) is 6. The molecule has 0 radical (unpaired) electrons. The first-order valence-electron chi connectivity index (χ1n) is 7.73. The molecule has 3 rings (SSSR count). The van der Waals surface area contributed by atoms with Crippen LogP contribution in [0.3, 0.4) is 0 Å². The van der Waals surface area contributed by atoms with Crippen LogP contribution in [0.5, 0.6) is 0 Å². The molecule has 10 heteroatoms. The quantitative estimate of drug-likeness (QED) is 0.766. The molecule has 1 fully saturated rings. The molecule has 1 aliphatic heterocycles. The van der Waals surface area contributed by atoms with E-state index in [2.05, 4.69) is 20.4 Å². The van der Waals surface area contributed by atoms with E-state index in [1.165, 1.54) is 21.1 Å². The number of halogens is 1. The molecule has 0 saturated carbocycles. The molecule has 0 unspecified atom stereocenters. The molecule has 2 heterocycles. The summed E-state index contributed by atoms with van der Waals surface area (Å²) < 4.78 is 40.2. The minimum absolute atomic E-state index is 0.116. The van der Waals surface area contributed by atoms with Gasteiger partial charge in [0.25, 0.3) is 0 Å². The Labute approximate surface area is 139 Å². The minimum atomic E-state index is -3.14. The lowest BCUT2D eigenvalue weighted by atomic mass is 10.3. The Kier molecular flexibility index (Phi) is 4.88. The second kappa shape index (κ2) is 6.91. The molecule has 24 heavy (non-hydrogen) atoms. The average Bonchev–Trinajstić information content (AvgIpc) is 3.03. The highest BCUT2D eigenvalue weighted by atomic mass is 32.2. The monoisotopic (exact) mass is 354 g/mol. The van der Waals surface area contributed by atoms with Crippen LogP contribution in [0.2, 0.25) is 0 Å². The third-order valence-corrected chi connectivity index (χ3v) is 5.92. The van der Waals surface area contributed by atoms with Gasteiger partial charge in [0.05, 0.1) is 18.0 Å². The molecule has 0 atom stereocenters. The Morgan fingerprint density at radius 3 is 2.62 bits per heavy atom. The van der Waals surface area contributed by atoms with Gasteiger partial charge in [0.2, 0.25) is 10.0 Å². The van der Waals surface area contributed by atoms with Gasteiger partial charge in [-0.15, -0.1) is 5.10 Å². The third kappa shape index (κ3) is 3.60. The largest absolute Gasteiger partial charge is 0.293 e. The number of aromatic nitrogens is 4. The van der Waals surface area contributed by atoms with Gasteiger partial charge in [-0.1, -0.05) is 6.07 Å². The second-order valence-corrected chi connectivity index (χ2v) is 7.82. The molecule has 0 bridgehead atoms. The van der Waals surface area contributed by atoms with Crippen molar-refractivity contribution in [1.29, 1.82) is 0 Å². The summed E-state index contributed by atoms with van der Waals surface area (Å²) in [6.07, 6.45) is 0. The van der Waals surface area contributed by atoms with Crippen LogP contribution in [0.4, 0.5) is 4.39 Å². The highest BCUT2D eigenvalue weighted by Gasteiger charge is 2.26. The fourth-order valence-electron chi connectivity index (χ4n) is 2.66. The van der Waals surface area contributed by atoms with Crippen molar-refractivity contribution in [3.8, 4) is 5.69 Å². The van der Waals surface area contributed by atoms with Crippen LogP contribution < -0.4 is 0 Å². The van der Waals surface area contributed by atoms with Gasteiger partial charge in [0.15, 0.2) is 5.82 Å². The van der Waals surface area contributed by atoms with Crippen molar-refractivity contribution >= 4 is 10.0 Å². The Bertz CT molecular complexity index is 801. The number of tetrazole rings is 1. The molecule has 130 valence electrons. The molecule has 0 spiro atoms. The van der Waals surface area contributed by atoms with Crippen LogP contribution in [0, 0.1) is 5.82 Å². The molecule has 0 aliphatic carbocycles. The first-order valence-corrected chi connectivity index (χ1v) is 9.34. The molecule has 1 aromatic carbocycles. The van der Waals surface area contributed by atoms with E-state index in [1.54, 1.807) is 19.1 Å². The lowest BCUT2D eigenvalue weighted by molar-refractivity contribution is 0.177. The maximum Gasteiger partial charge on any atom is 0.213 e. The van der Waals surface area contributed by atoms with Crippen molar-refractivity contribution in [3.63, 3.8) is 0 Å². The smallest absolute Gasteiger partial charge is 0.213 e. The maximum atomic E-state index is 13.4. The highest BCUT2D eigenvalue weighted by molar-refractivity contribution is 7.89. The average molecular weight is 354 g/mol. The van der Waals surface area contributed by atoms with Crippen molar-refractivity contribution in [2.24, 2.45) is 0 Å². The lowest BCUT2D eigenvalue weighted by Crippen LogP contribution is -2.48. The molecule has 1 aromatic heterocycles. The summed E-state index contributed by atoms with van der Waals surface area (Å²) in [6.45, 7) is 4.25. The van der Waals surface area contributed by atoms with Crippen LogP contribution in [-0.4, -0.2) is 69.8 Å². The topological polar surface area (TPSA) is 84.2 Å². The van der Waals surface area contributed by atoms with E-state index in [9.17, 15) is 12.8 Å². The molecule has 0 N–H and O–H groups in total. The van der Waals surface area contributed by atoms with Crippen molar-refractivity contribution in [2.45, 2.75) is 13.5 Å². The molecule has 0 amide bonds. The Hall–Kier alpha value is -1.91. The summed E-state index contributed by atoms with van der Waals surface area (Å²) >= 11 is 0. The van der Waals surface area contributed by atoms with E-state index in [4.69, 9.17) is 0 Å². The lowest BCUT2D eigenvalue weighted by Gasteiger charge is -2.33. The zero-order valence-electron chi connectivity index (χ0n) is 13.3. The van der Waals surface area contributed by atoms with Gasteiger partial charge in [-0.05, 0) is 35.5 Å². The van der Waals surface area contributed by atoms with E-state index in [-0.39, 0.29) is 11.6 Å². The van der Waals surface area contributed by atoms with Crippen LogP contribution in [-0.2, 0) is 16.6 Å². The fourth-order valence-corrected chi connectivity index (χ4v) is 3.75. The van der Waals surface area contributed by atoms with Crippen LogP contribution in [0.15, 0.2) is 24.3 Å². The van der Waals surface area contributed by atoms with Gasteiger partial charge in [-0.25, -0.2) is 12.8 Å². The van der Waals surface area contributed by atoms with Crippen molar-refractivity contribution in [1.82, 2.24) is 29.4 Å². The number of benzene rings is 1. The Balaban J connectivity index is 1.68. The SMILES string of the molecule is CCS(=O)(=O)N1CCN(Cc2nnnn2-c2cccc(F)c2)CC1. The van der Waals surface area contributed by atoms with Gasteiger partial charge in [0.1, 0.15) is 5.82 Å². The molecular weight excluding hydrogens is 335 g/mol. The summed E-state index contributed by atoms with van der Waals surface area (Å²) in [4.78, 5) is 2.09. The van der Waals surface area contributed by atoms with Crippen molar-refractivity contribution in [2.75, 3.05) is 31.9 Å². The summed E-state index contributed by atoms with van der Waals surface area (Å²) in [5, 5.41) is 11.6. The van der Waals surface area contributed by atoms with Crippen LogP contribution >= 0.6 is 0 Å². The van der Waals surface area contributed by atoms with E-state index >= 15 is 0 Å². The molecular formula is C14H19FN6O2S. The molecule has 2 aromatic rings. The predicted molar refractivity (Wildman–Crippen MR) is 85.4 cm³/mol. The minimum Gasteiger partial charge on any atom is -0.293 e. The number of nitrogens with zero attached hydrogens (tertiary/aromatic N) is 6. The number of hydrogen-bond donors (Lipinski definition) is 0. The first kappa shape index (κ1) is 16.9. The molecule has 1 aliphatic rings. The number of piperazine rings is 1. The number of sulfonamides is 1. The second-order valence-electron chi connectivity index (χ2n) is 5.56. The van der Waals surface area contributed by atoms with E-state index < -0.39 is 10.0 Å². The van der Waals surface area contributed by atoms with Gasteiger partial charge >= 0.3 is 0 Å². The van der Waals surface area contributed by atoms with Gasteiger partial charge in [-0.3, -0.25) is 4.90 Å². The maximum absolute atomic E-state index is 13.4. The molecule has 1 saturated heterocycles. The van der Waals surface area contributed by atoms with Gasteiger partial charge in [-0.2, -0.15) is 8.99 Å². The summed E-state index contributed by atoms with van der Waals surface area (Å²) in [6, 6.07) is 6.06. The van der Waals surface area contributed by atoms with Gasteiger partial charge < -0.3 is 0 Å². The number of rotatable bonds is 5. The van der Waals surface area contributed by atoms with Gasteiger partial charge in [0, 0.05) is 26.2 Å². The normalized spacial score (nSPS) is 17.2. The Morgan fingerprint density at radius 2 is 1.96 bits per heavy atom. The fraction of sp³-hybridized carbons (Fsp3) is 0.500. The molecule has 8 nitrogen and oxygen atoms in total. The summed E-state index contributed by atoms with van der Waals surface area (Å²) in [5.74, 6) is 0.352. The van der Waals surface area contributed by atoms with E-state index in [0.29, 0.717) is 44.2 Å². The first-order chi connectivity index (χ1) is 11.5. The van der Waals surface area contributed by atoms with Crippen molar-refractivity contribution < 1.29 is 12.8 Å². The summed E-state index contributed by atoms with van der Waals surface area (Å²) in [7, 11) is -3.14. The van der Waals surface area contributed by atoms with E-state index in [1.807, 2.05) is 0 Å². The third-order valence-electron chi connectivity index (χ3n) is 4.04. The zero-order chi connectivity index (χ0) is 17.2. The van der Waals surface area contributed by atoms with E-state index in [0.717, 1.165) is 0 Å². The Morgan fingerprint density at radius 1 is 1.21 bits per heavy atom. The predicted octanol–water partition coefficient (Wildman–Crippen LogP) is 0.269. The van der Waals surface area contributed by atoms with Crippen LogP contribution in [0.25, 0.3) is 5.69 Å². The zero-order valence-corrected chi connectivity index (χ0v) is 14.2. The standard InChI is InChI=1S/C14H19FN6O2S/c1-2-24(22,23)20-8-6-19(7-9-20)11-14-16-17-18-21(14)13-5-3-4-12(15)10-13/h3-5,10H,2,6-9,11H2,1H3. The highest BCUT2D eigenvalue weighted by Crippen LogP contribution is 2.13. The van der Waals surface area contributed by atoms with Crippen LogP contribution in [0.1, 0.15) is 12.7 Å².